The van der Waals surface area contributed by atoms with Gasteiger partial charge in [0.25, 0.3) is 0 Å². The second-order valence-electron chi connectivity index (χ2n) is 9.49. The zero-order valence-electron chi connectivity index (χ0n) is 21.2. The van der Waals surface area contributed by atoms with Crippen molar-refractivity contribution in [2.24, 2.45) is 0 Å². The molecule has 1 aliphatic heterocycles. The molecule has 8 heteroatoms. The Labute approximate surface area is 219 Å². The van der Waals surface area contributed by atoms with Gasteiger partial charge in [0.2, 0.25) is 0 Å². The van der Waals surface area contributed by atoms with Gasteiger partial charge in [0, 0.05) is 18.3 Å². The van der Waals surface area contributed by atoms with E-state index >= 15 is 0 Å². The lowest BCUT2D eigenvalue weighted by Gasteiger charge is -2.15. The molecule has 1 saturated heterocycles. The number of halogens is 1. The Morgan fingerprint density at radius 2 is 1.95 bits per heavy atom. The van der Waals surface area contributed by atoms with Gasteiger partial charge >= 0.3 is 0 Å². The summed E-state index contributed by atoms with van der Waals surface area (Å²) >= 11 is 0. The van der Waals surface area contributed by atoms with Crippen LogP contribution in [0, 0.1) is 5.82 Å². The SMILES string of the molecule is C=C/C(=C\C(=C/C)c1ccc2[nH]nc(-c3nc4c(-c5cccc(F)c5)cncc4[nH]3)c2n1)CN1CCCC1. The fourth-order valence-corrected chi connectivity index (χ4v) is 5.01. The van der Waals surface area contributed by atoms with Crippen molar-refractivity contribution in [2.75, 3.05) is 19.6 Å². The first-order valence-corrected chi connectivity index (χ1v) is 12.8. The Hall–Kier alpha value is -4.43. The number of imidazole rings is 1. The van der Waals surface area contributed by atoms with Crippen LogP contribution in [-0.2, 0) is 0 Å². The van der Waals surface area contributed by atoms with E-state index in [2.05, 4.69) is 43.8 Å². The van der Waals surface area contributed by atoms with Crippen LogP contribution in [0.4, 0.5) is 4.39 Å². The quantitative estimate of drug-likeness (QED) is 0.253. The number of fused-ring (bicyclic) bond motifs is 2. The third kappa shape index (κ3) is 4.54. The molecule has 6 rings (SSSR count). The second-order valence-corrected chi connectivity index (χ2v) is 9.49. The predicted molar refractivity (Wildman–Crippen MR) is 150 cm³/mol. The smallest absolute Gasteiger partial charge is 0.161 e. The highest BCUT2D eigenvalue weighted by Gasteiger charge is 2.18. The Morgan fingerprint density at radius 1 is 1.08 bits per heavy atom. The van der Waals surface area contributed by atoms with Gasteiger partial charge in [-0.15, -0.1) is 0 Å². The summed E-state index contributed by atoms with van der Waals surface area (Å²) in [5.41, 5.74) is 8.08. The number of hydrogen-bond acceptors (Lipinski definition) is 5. The van der Waals surface area contributed by atoms with Gasteiger partial charge in [0.1, 0.15) is 11.3 Å². The zero-order chi connectivity index (χ0) is 26.1. The third-order valence-corrected chi connectivity index (χ3v) is 6.98. The first kappa shape index (κ1) is 23.9. The number of nitrogens with one attached hydrogen (secondary N) is 2. The lowest BCUT2D eigenvalue weighted by atomic mass is 10.1. The van der Waals surface area contributed by atoms with Gasteiger partial charge in [-0.1, -0.05) is 30.9 Å². The number of pyridine rings is 2. The minimum absolute atomic E-state index is 0.306. The van der Waals surface area contributed by atoms with E-state index in [1.807, 2.05) is 31.2 Å². The minimum Gasteiger partial charge on any atom is -0.335 e. The van der Waals surface area contributed by atoms with Gasteiger partial charge < -0.3 is 4.98 Å². The first-order valence-electron chi connectivity index (χ1n) is 12.8. The van der Waals surface area contributed by atoms with Crippen molar-refractivity contribution in [1.82, 2.24) is 35.0 Å². The number of benzene rings is 1. The van der Waals surface area contributed by atoms with E-state index in [-0.39, 0.29) is 5.82 Å². The molecular weight excluding hydrogens is 477 g/mol. The number of hydrogen-bond donors (Lipinski definition) is 2. The summed E-state index contributed by atoms with van der Waals surface area (Å²) in [6, 6.07) is 10.4. The number of aromatic amines is 2. The van der Waals surface area contributed by atoms with Gasteiger partial charge in [-0.25, -0.2) is 14.4 Å². The molecule has 190 valence electrons. The predicted octanol–water partition coefficient (Wildman–Crippen LogP) is 6.31. The maximum atomic E-state index is 13.9. The molecule has 5 aromatic rings. The van der Waals surface area contributed by atoms with Crippen LogP contribution in [0.5, 0.6) is 0 Å². The molecule has 4 aromatic heterocycles. The van der Waals surface area contributed by atoms with E-state index in [0.717, 1.165) is 47.5 Å². The molecule has 0 spiro atoms. The van der Waals surface area contributed by atoms with Gasteiger partial charge in [0.05, 0.1) is 28.4 Å². The van der Waals surface area contributed by atoms with E-state index in [0.29, 0.717) is 28.1 Å². The summed E-state index contributed by atoms with van der Waals surface area (Å²) < 4.78 is 13.9. The summed E-state index contributed by atoms with van der Waals surface area (Å²) in [7, 11) is 0. The summed E-state index contributed by atoms with van der Waals surface area (Å²) in [6.07, 6.45) is 12.1. The van der Waals surface area contributed by atoms with E-state index in [1.54, 1.807) is 18.5 Å². The van der Waals surface area contributed by atoms with Gasteiger partial charge in [-0.2, -0.15) is 5.10 Å². The lowest BCUT2D eigenvalue weighted by Crippen LogP contribution is -2.21. The van der Waals surface area contributed by atoms with Crippen LogP contribution in [0.1, 0.15) is 25.5 Å². The molecule has 7 nitrogen and oxygen atoms in total. The highest BCUT2D eigenvalue weighted by molar-refractivity contribution is 5.95. The molecule has 0 amide bonds. The molecule has 38 heavy (non-hydrogen) atoms. The van der Waals surface area contributed by atoms with Crippen LogP contribution >= 0.6 is 0 Å². The molecular formula is C30H28FN7. The summed E-state index contributed by atoms with van der Waals surface area (Å²) in [4.78, 5) is 19.9. The number of rotatable bonds is 7. The second kappa shape index (κ2) is 10.1. The Bertz CT molecular complexity index is 1700. The molecule has 0 radical (unpaired) electrons. The van der Waals surface area contributed by atoms with Gasteiger partial charge in [-0.3, -0.25) is 15.0 Å². The van der Waals surface area contributed by atoms with Crippen molar-refractivity contribution < 1.29 is 4.39 Å². The van der Waals surface area contributed by atoms with E-state index in [9.17, 15) is 4.39 Å². The Morgan fingerprint density at radius 3 is 2.74 bits per heavy atom. The van der Waals surface area contributed by atoms with Crippen molar-refractivity contribution in [2.45, 2.75) is 19.8 Å². The fraction of sp³-hybridized carbons (Fsp3) is 0.200. The van der Waals surface area contributed by atoms with Crippen LogP contribution in [0.15, 0.2) is 79.2 Å². The van der Waals surface area contributed by atoms with Gasteiger partial charge in [-0.05, 0) is 79.9 Å². The monoisotopic (exact) mass is 505 g/mol. The first-order chi connectivity index (χ1) is 18.6. The molecule has 0 saturated carbocycles. The maximum Gasteiger partial charge on any atom is 0.161 e. The molecule has 1 aromatic carbocycles. The average Bonchev–Trinajstić information content (AvgIpc) is 3.70. The molecule has 0 bridgehead atoms. The molecule has 0 atom stereocenters. The van der Waals surface area contributed by atoms with Crippen LogP contribution in [0.2, 0.25) is 0 Å². The average molecular weight is 506 g/mol. The molecule has 2 N–H and O–H groups in total. The molecule has 1 aliphatic rings. The van der Waals surface area contributed by atoms with Crippen molar-refractivity contribution in [3.63, 3.8) is 0 Å². The third-order valence-electron chi connectivity index (χ3n) is 6.98. The highest BCUT2D eigenvalue weighted by Crippen LogP contribution is 2.31. The van der Waals surface area contributed by atoms with Crippen molar-refractivity contribution >= 4 is 27.6 Å². The molecule has 5 heterocycles. The van der Waals surface area contributed by atoms with E-state index in [1.165, 1.54) is 30.5 Å². The number of allylic oxidation sites excluding steroid dienone is 3. The van der Waals surface area contributed by atoms with Crippen molar-refractivity contribution in [3.05, 3.63) is 90.7 Å². The topological polar surface area (TPSA) is 86.4 Å². The van der Waals surface area contributed by atoms with Crippen molar-refractivity contribution in [1.29, 1.82) is 0 Å². The molecule has 0 unspecified atom stereocenters. The standard InChI is InChI=1S/C30H28FN7/c1-3-19(18-38-12-5-6-13-38)14-20(4-2)24-10-11-25-28(33-24)29(37-36-25)30-34-26-17-32-16-23(27(26)35-30)21-8-7-9-22(31)15-21/h3-4,7-11,14-17H,1,5-6,12-13,18H2,2H3,(H,34,35)(H,36,37)/b19-14+,20-4+. The number of H-pyrrole nitrogens is 2. The highest BCUT2D eigenvalue weighted by atomic mass is 19.1. The zero-order valence-corrected chi connectivity index (χ0v) is 21.2. The molecule has 0 aliphatic carbocycles. The number of likely N-dealkylation sites (tertiary alicyclic amines) is 1. The maximum absolute atomic E-state index is 13.9. The van der Waals surface area contributed by atoms with Gasteiger partial charge in [0.15, 0.2) is 11.5 Å². The normalized spacial score (nSPS) is 15.1. The largest absolute Gasteiger partial charge is 0.335 e. The number of aromatic nitrogens is 6. The summed E-state index contributed by atoms with van der Waals surface area (Å²) in [6.45, 7) is 9.21. The number of nitrogens with zero attached hydrogens (tertiary/aromatic N) is 5. The fourth-order valence-electron chi connectivity index (χ4n) is 5.01. The Balaban J connectivity index is 1.39. The van der Waals surface area contributed by atoms with Crippen LogP contribution in [0.25, 0.3) is 50.3 Å². The van der Waals surface area contributed by atoms with Crippen LogP contribution < -0.4 is 0 Å². The minimum atomic E-state index is -0.306. The Kier molecular flexibility index (Phi) is 6.39. The van der Waals surface area contributed by atoms with Crippen LogP contribution in [-0.4, -0.2) is 54.7 Å². The van der Waals surface area contributed by atoms with E-state index in [4.69, 9.17) is 9.97 Å². The molecule has 1 fully saturated rings. The summed E-state index contributed by atoms with van der Waals surface area (Å²) in [5.74, 6) is 0.263. The van der Waals surface area contributed by atoms with Crippen LogP contribution in [0.3, 0.4) is 0 Å². The summed E-state index contributed by atoms with van der Waals surface area (Å²) in [5, 5.41) is 7.60. The lowest BCUT2D eigenvalue weighted by molar-refractivity contribution is 0.371. The van der Waals surface area contributed by atoms with E-state index < -0.39 is 0 Å². The van der Waals surface area contributed by atoms with Crippen molar-refractivity contribution in [3.8, 4) is 22.6 Å².